The van der Waals surface area contributed by atoms with Crippen molar-refractivity contribution in [2.45, 2.75) is 6.92 Å². The van der Waals surface area contributed by atoms with Gasteiger partial charge >= 0.3 is 5.97 Å². The van der Waals surface area contributed by atoms with Crippen LogP contribution >= 0.6 is 11.6 Å². The number of benzene rings is 3. The van der Waals surface area contributed by atoms with Gasteiger partial charge in [0.05, 0.1) is 23.3 Å². The van der Waals surface area contributed by atoms with Gasteiger partial charge < -0.3 is 14.2 Å². The Balaban J connectivity index is 1.60. The maximum atomic E-state index is 12.4. The largest absolute Gasteiger partial charge is 0.490 e. The summed E-state index contributed by atoms with van der Waals surface area (Å²) in [6.07, 6.45) is 1.39. The molecule has 0 aromatic heterocycles. The number of carbonyl (C=O) groups is 2. The van der Waals surface area contributed by atoms with Gasteiger partial charge in [0.1, 0.15) is 5.75 Å². The average molecular weight is 498 g/mol. The minimum absolute atomic E-state index is 0.136. The number of hydrazone groups is 1. The first-order valence-electron chi connectivity index (χ1n) is 10.3. The van der Waals surface area contributed by atoms with Gasteiger partial charge in [0.15, 0.2) is 18.1 Å². The van der Waals surface area contributed by atoms with Crippen LogP contribution in [-0.4, -0.2) is 36.2 Å². The van der Waals surface area contributed by atoms with Crippen LogP contribution in [0.3, 0.4) is 0 Å². The third-order valence-electron chi connectivity index (χ3n) is 4.35. The lowest BCUT2D eigenvalue weighted by Gasteiger charge is -2.11. The Morgan fingerprint density at radius 2 is 1.83 bits per heavy atom. The molecule has 3 aromatic rings. The first-order chi connectivity index (χ1) is 16.9. The lowest BCUT2D eigenvalue weighted by atomic mass is 10.2. The number of nitrogens with zero attached hydrogens (tertiary/aromatic N) is 2. The zero-order valence-electron chi connectivity index (χ0n) is 18.5. The van der Waals surface area contributed by atoms with Crippen LogP contribution in [0, 0.1) is 10.1 Å². The van der Waals surface area contributed by atoms with Gasteiger partial charge in [-0.15, -0.1) is 0 Å². The zero-order chi connectivity index (χ0) is 25.2. The number of nitro benzene ring substituents is 1. The summed E-state index contributed by atoms with van der Waals surface area (Å²) in [7, 11) is 0. The molecule has 3 aromatic carbocycles. The lowest BCUT2D eigenvalue weighted by Crippen LogP contribution is -2.24. The fourth-order valence-corrected chi connectivity index (χ4v) is 2.93. The third-order valence-corrected chi connectivity index (χ3v) is 4.59. The molecular weight excluding hydrogens is 478 g/mol. The van der Waals surface area contributed by atoms with E-state index in [0.717, 1.165) is 0 Å². The fourth-order valence-electron chi connectivity index (χ4n) is 2.75. The summed E-state index contributed by atoms with van der Waals surface area (Å²) in [5.41, 5.74) is 2.92. The van der Waals surface area contributed by atoms with E-state index in [1.54, 1.807) is 43.3 Å². The summed E-state index contributed by atoms with van der Waals surface area (Å²) < 4.78 is 16.3. The van der Waals surface area contributed by atoms with Crippen molar-refractivity contribution in [3.63, 3.8) is 0 Å². The van der Waals surface area contributed by atoms with Gasteiger partial charge in [-0.05, 0) is 61.0 Å². The molecule has 3 rings (SSSR count). The predicted molar refractivity (Wildman–Crippen MR) is 128 cm³/mol. The van der Waals surface area contributed by atoms with Crippen molar-refractivity contribution in [3.8, 4) is 17.2 Å². The molecule has 180 valence electrons. The van der Waals surface area contributed by atoms with E-state index in [9.17, 15) is 19.7 Å². The van der Waals surface area contributed by atoms with Gasteiger partial charge in [0.2, 0.25) is 0 Å². The number of hydrogen-bond acceptors (Lipinski definition) is 8. The molecule has 10 nitrogen and oxygen atoms in total. The number of carbonyl (C=O) groups excluding carboxylic acids is 2. The highest BCUT2D eigenvalue weighted by Crippen LogP contribution is 2.29. The van der Waals surface area contributed by atoms with Crippen molar-refractivity contribution in [2.24, 2.45) is 5.10 Å². The van der Waals surface area contributed by atoms with Crippen LogP contribution in [0.2, 0.25) is 5.02 Å². The molecule has 0 saturated carbocycles. The number of nitro groups is 1. The summed E-state index contributed by atoms with van der Waals surface area (Å²) in [6, 6.07) is 16.4. The topological polar surface area (TPSA) is 129 Å². The molecule has 0 fully saturated rings. The molecular formula is C24H20ClN3O7. The molecule has 0 aliphatic carbocycles. The number of nitrogens with one attached hydrogen (secondary N) is 1. The molecule has 0 bridgehead atoms. The number of ether oxygens (including phenoxy) is 3. The predicted octanol–water partition coefficient (Wildman–Crippen LogP) is 4.40. The molecule has 0 unspecified atom stereocenters. The smallest absolute Gasteiger partial charge is 0.343 e. The monoisotopic (exact) mass is 497 g/mol. The maximum Gasteiger partial charge on any atom is 0.343 e. The molecule has 11 heteroatoms. The van der Waals surface area contributed by atoms with Crippen LogP contribution in [0.5, 0.6) is 17.2 Å². The quantitative estimate of drug-likeness (QED) is 0.144. The number of halogens is 1. The summed E-state index contributed by atoms with van der Waals surface area (Å²) >= 11 is 5.87. The Kier molecular flexibility index (Phi) is 8.74. The Bertz CT molecular complexity index is 1250. The first kappa shape index (κ1) is 25.2. The fraction of sp³-hybridized carbons (Fsp3) is 0.125. The van der Waals surface area contributed by atoms with Crippen molar-refractivity contribution in [1.29, 1.82) is 0 Å². The summed E-state index contributed by atoms with van der Waals surface area (Å²) in [5, 5.41) is 15.1. The van der Waals surface area contributed by atoms with Crippen LogP contribution in [-0.2, 0) is 4.79 Å². The maximum absolute atomic E-state index is 12.4. The number of hydrogen-bond donors (Lipinski definition) is 1. The number of esters is 1. The van der Waals surface area contributed by atoms with E-state index in [1.807, 2.05) is 0 Å². The second kappa shape index (κ2) is 12.1. The summed E-state index contributed by atoms with van der Waals surface area (Å²) in [5.74, 6) is -0.278. The summed E-state index contributed by atoms with van der Waals surface area (Å²) in [4.78, 5) is 34.6. The molecule has 0 aliphatic heterocycles. The minimum atomic E-state index is -0.700. The molecule has 0 atom stereocenters. The molecule has 0 aliphatic rings. The summed E-state index contributed by atoms with van der Waals surface area (Å²) in [6.45, 7) is 1.82. The second-order valence-electron chi connectivity index (χ2n) is 6.87. The Hall–Kier alpha value is -4.44. The van der Waals surface area contributed by atoms with E-state index >= 15 is 0 Å². The molecule has 0 heterocycles. The highest BCUT2D eigenvalue weighted by Gasteiger charge is 2.15. The van der Waals surface area contributed by atoms with Gasteiger partial charge in [0.25, 0.3) is 11.6 Å². The third kappa shape index (κ3) is 7.54. The van der Waals surface area contributed by atoms with Crippen molar-refractivity contribution in [1.82, 2.24) is 5.43 Å². The average Bonchev–Trinajstić information content (AvgIpc) is 2.84. The SMILES string of the molecule is CCOc1cc(/C=N/NC(=O)COc2cccc(Cl)c2)ccc1OC(=O)c1ccc([N+](=O)[O-])cc1. The van der Waals surface area contributed by atoms with E-state index in [2.05, 4.69) is 10.5 Å². The molecule has 0 radical (unpaired) electrons. The van der Waals surface area contributed by atoms with E-state index in [-0.39, 0.29) is 29.4 Å². The lowest BCUT2D eigenvalue weighted by molar-refractivity contribution is -0.384. The van der Waals surface area contributed by atoms with Crippen molar-refractivity contribution in [2.75, 3.05) is 13.2 Å². The zero-order valence-corrected chi connectivity index (χ0v) is 19.2. The number of amides is 1. The van der Waals surface area contributed by atoms with Crippen molar-refractivity contribution in [3.05, 3.63) is 93.0 Å². The highest BCUT2D eigenvalue weighted by atomic mass is 35.5. The van der Waals surface area contributed by atoms with Crippen LogP contribution in [0.1, 0.15) is 22.8 Å². The second-order valence-corrected chi connectivity index (χ2v) is 7.31. The van der Waals surface area contributed by atoms with E-state index < -0.39 is 16.8 Å². The first-order valence-corrected chi connectivity index (χ1v) is 10.7. The van der Waals surface area contributed by atoms with Crippen LogP contribution in [0.25, 0.3) is 0 Å². The number of rotatable bonds is 10. The van der Waals surface area contributed by atoms with E-state index in [4.69, 9.17) is 25.8 Å². The standard InChI is InChI=1S/C24H20ClN3O7/c1-2-33-22-12-16(14-26-27-23(29)15-34-20-5-3-4-18(25)13-20)6-11-21(22)35-24(30)17-7-9-19(10-8-17)28(31)32/h3-14H,2,15H2,1H3,(H,27,29)/b26-14+. The van der Waals surface area contributed by atoms with Gasteiger partial charge in [0, 0.05) is 17.2 Å². The van der Waals surface area contributed by atoms with Crippen LogP contribution in [0.15, 0.2) is 71.8 Å². The molecule has 1 amide bonds. The van der Waals surface area contributed by atoms with Gasteiger partial charge in [-0.2, -0.15) is 5.10 Å². The van der Waals surface area contributed by atoms with Crippen LogP contribution < -0.4 is 19.6 Å². The van der Waals surface area contributed by atoms with Crippen molar-refractivity contribution >= 4 is 35.4 Å². The van der Waals surface area contributed by atoms with Crippen LogP contribution in [0.4, 0.5) is 5.69 Å². The molecule has 0 saturated heterocycles. The Morgan fingerprint density at radius 1 is 1.06 bits per heavy atom. The molecule has 1 N–H and O–H groups in total. The highest BCUT2D eigenvalue weighted by molar-refractivity contribution is 6.30. The van der Waals surface area contributed by atoms with Gasteiger partial charge in [-0.25, -0.2) is 10.2 Å². The number of non-ortho nitro benzene ring substituents is 1. The Morgan fingerprint density at radius 3 is 2.51 bits per heavy atom. The van der Waals surface area contributed by atoms with E-state index in [0.29, 0.717) is 22.9 Å². The normalized spacial score (nSPS) is 10.6. The van der Waals surface area contributed by atoms with E-state index in [1.165, 1.54) is 36.5 Å². The molecule has 35 heavy (non-hydrogen) atoms. The molecule has 0 spiro atoms. The van der Waals surface area contributed by atoms with Gasteiger partial charge in [-0.1, -0.05) is 17.7 Å². The van der Waals surface area contributed by atoms with Crippen molar-refractivity contribution < 1.29 is 28.7 Å². The Labute approximate surface area is 205 Å². The minimum Gasteiger partial charge on any atom is -0.490 e. The van der Waals surface area contributed by atoms with Gasteiger partial charge in [-0.3, -0.25) is 14.9 Å².